The van der Waals surface area contributed by atoms with E-state index in [0.717, 1.165) is 17.5 Å². The van der Waals surface area contributed by atoms with Crippen LogP contribution in [-0.4, -0.2) is 11.1 Å². The van der Waals surface area contributed by atoms with E-state index in [1.54, 1.807) is 0 Å². The summed E-state index contributed by atoms with van der Waals surface area (Å²) in [6.07, 6.45) is 0.958. The molecule has 1 unspecified atom stereocenters. The monoisotopic (exact) mass is 193 g/mol. The van der Waals surface area contributed by atoms with Gasteiger partial charge in [-0.05, 0) is 17.5 Å². The highest BCUT2D eigenvalue weighted by Gasteiger charge is 2.04. The van der Waals surface area contributed by atoms with Gasteiger partial charge in [0.15, 0.2) is 0 Å². The molecular formula is C11H15NO2. The quantitative estimate of drug-likeness (QED) is 0.765. The highest BCUT2D eigenvalue weighted by atomic mass is 16.4. The molecule has 0 aliphatic rings. The van der Waals surface area contributed by atoms with Crippen LogP contribution < -0.4 is 5.73 Å². The fourth-order valence-corrected chi connectivity index (χ4v) is 1.29. The van der Waals surface area contributed by atoms with Gasteiger partial charge in [-0.2, -0.15) is 0 Å². The van der Waals surface area contributed by atoms with Crippen molar-refractivity contribution < 1.29 is 9.90 Å². The Morgan fingerprint density at radius 2 is 2.00 bits per heavy atom. The molecule has 0 bridgehead atoms. The molecule has 0 saturated heterocycles. The predicted octanol–water partition coefficient (Wildman–Crippen LogP) is 1.72. The van der Waals surface area contributed by atoms with Crippen LogP contribution >= 0.6 is 0 Å². The first-order chi connectivity index (χ1) is 6.63. The number of aliphatic carboxylic acids is 1. The van der Waals surface area contributed by atoms with Crippen LogP contribution in [0.2, 0.25) is 0 Å². The molecule has 0 spiro atoms. The Morgan fingerprint density at radius 1 is 1.43 bits per heavy atom. The van der Waals surface area contributed by atoms with Crippen LogP contribution in [0.5, 0.6) is 0 Å². The molecule has 0 amide bonds. The largest absolute Gasteiger partial charge is 0.481 e. The van der Waals surface area contributed by atoms with Gasteiger partial charge in [0.05, 0.1) is 6.42 Å². The van der Waals surface area contributed by atoms with Crippen molar-refractivity contribution in [2.45, 2.75) is 25.8 Å². The first-order valence-electron chi connectivity index (χ1n) is 4.69. The second-order valence-corrected chi connectivity index (χ2v) is 3.33. The lowest BCUT2D eigenvalue weighted by atomic mass is 10.0. The normalized spacial score (nSPS) is 12.4. The fourth-order valence-electron chi connectivity index (χ4n) is 1.29. The van der Waals surface area contributed by atoms with Crippen molar-refractivity contribution in [3.05, 3.63) is 35.4 Å². The second kappa shape index (κ2) is 4.77. The van der Waals surface area contributed by atoms with E-state index in [0.29, 0.717) is 0 Å². The summed E-state index contributed by atoms with van der Waals surface area (Å²) >= 11 is 0. The highest BCUT2D eigenvalue weighted by Crippen LogP contribution is 2.14. The smallest absolute Gasteiger partial charge is 0.307 e. The minimum atomic E-state index is -0.808. The number of carboxylic acid groups (broad SMARTS) is 1. The van der Waals surface area contributed by atoms with E-state index in [9.17, 15) is 4.79 Å². The van der Waals surface area contributed by atoms with Gasteiger partial charge in [-0.25, -0.2) is 0 Å². The predicted molar refractivity (Wildman–Crippen MR) is 55.0 cm³/mol. The molecule has 0 fully saturated rings. The standard InChI is InChI=1S/C11H15NO2/c1-2-10(12)9-5-3-8(4-6-9)7-11(13)14/h3-6,10H,2,7,12H2,1H3,(H,13,14). The maximum Gasteiger partial charge on any atom is 0.307 e. The number of rotatable bonds is 4. The maximum absolute atomic E-state index is 10.4. The number of hydrogen-bond donors (Lipinski definition) is 2. The zero-order valence-electron chi connectivity index (χ0n) is 8.23. The molecule has 0 aliphatic carbocycles. The van der Waals surface area contributed by atoms with Gasteiger partial charge >= 0.3 is 5.97 Å². The van der Waals surface area contributed by atoms with Crippen LogP contribution in [0.1, 0.15) is 30.5 Å². The van der Waals surface area contributed by atoms with Gasteiger partial charge in [0, 0.05) is 6.04 Å². The lowest BCUT2D eigenvalue weighted by Gasteiger charge is -2.09. The van der Waals surface area contributed by atoms with Crippen LogP contribution in [0, 0.1) is 0 Å². The Labute approximate surface area is 83.6 Å². The van der Waals surface area contributed by atoms with E-state index >= 15 is 0 Å². The molecular weight excluding hydrogens is 178 g/mol. The molecule has 1 rings (SSSR count). The van der Waals surface area contributed by atoms with Gasteiger partial charge in [-0.1, -0.05) is 31.2 Å². The minimum absolute atomic E-state index is 0.0499. The molecule has 3 heteroatoms. The second-order valence-electron chi connectivity index (χ2n) is 3.33. The third-order valence-electron chi connectivity index (χ3n) is 2.20. The van der Waals surface area contributed by atoms with Crippen molar-refractivity contribution in [1.29, 1.82) is 0 Å². The minimum Gasteiger partial charge on any atom is -0.481 e. The molecule has 0 heterocycles. The Balaban J connectivity index is 2.73. The molecule has 14 heavy (non-hydrogen) atoms. The SMILES string of the molecule is CCC(N)c1ccc(CC(=O)O)cc1. The summed E-state index contributed by atoms with van der Waals surface area (Å²) in [6.45, 7) is 2.02. The lowest BCUT2D eigenvalue weighted by molar-refractivity contribution is -0.136. The van der Waals surface area contributed by atoms with Crippen LogP contribution in [0.3, 0.4) is 0 Å². The van der Waals surface area contributed by atoms with E-state index in [1.807, 2.05) is 31.2 Å². The van der Waals surface area contributed by atoms with E-state index in [1.165, 1.54) is 0 Å². The molecule has 1 aromatic rings. The Bertz CT molecular complexity index is 306. The van der Waals surface area contributed by atoms with Gasteiger partial charge in [-0.15, -0.1) is 0 Å². The molecule has 0 aliphatic heterocycles. The van der Waals surface area contributed by atoms with Crippen molar-refractivity contribution in [3.63, 3.8) is 0 Å². The summed E-state index contributed by atoms with van der Waals surface area (Å²) < 4.78 is 0. The number of benzene rings is 1. The molecule has 0 saturated carbocycles. The van der Waals surface area contributed by atoms with Crippen molar-refractivity contribution in [1.82, 2.24) is 0 Å². The first kappa shape index (κ1) is 10.7. The average molecular weight is 193 g/mol. The fraction of sp³-hybridized carbons (Fsp3) is 0.364. The summed E-state index contributed by atoms with van der Waals surface area (Å²) in [6, 6.07) is 7.48. The van der Waals surface area contributed by atoms with E-state index < -0.39 is 5.97 Å². The van der Waals surface area contributed by atoms with E-state index in [2.05, 4.69) is 0 Å². The number of carbonyl (C=O) groups is 1. The lowest BCUT2D eigenvalue weighted by Crippen LogP contribution is -2.08. The van der Waals surface area contributed by atoms with Crippen LogP contribution in [0.4, 0.5) is 0 Å². The summed E-state index contributed by atoms with van der Waals surface area (Å²) in [5.74, 6) is -0.808. The zero-order chi connectivity index (χ0) is 10.6. The summed E-state index contributed by atoms with van der Waals surface area (Å²) in [7, 11) is 0. The summed E-state index contributed by atoms with van der Waals surface area (Å²) in [4.78, 5) is 10.4. The van der Waals surface area contributed by atoms with Crippen molar-refractivity contribution in [3.8, 4) is 0 Å². The Hall–Kier alpha value is -1.35. The number of nitrogens with two attached hydrogens (primary N) is 1. The zero-order valence-corrected chi connectivity index (χ0v) is 8.23. The first-order valence-corrected chi connectivity index (χ1v) is 4.69. The van der Waals surface area contributed by atoms with Crippen LogP contribution in [-0.2, 0) is 11.2 Å². The molecule has 1 atom stereocenters. The molecule has 3 N–H and O–H groups in total. The highest BCUT2D eigenvalue weighted by molar-refractivity contribution is 5.70. The van der Waals surface area contributed by atoms with Crippen molar-refractivity contribution in [2.24, 2.45) is 5.73 Å². The number of hydrogen-bond acceptors (Lipinski definition) is 2. The Morgan fingerprint density at radius 3 is 2.43 bits per heavy atom. The maximum atomic E-state index is 10.4. The van der Waals surface area contributed by atoms with Crippen LogP contribution in [0.25, 0.3) is 0 Å². The van der Waals surface area contributed by atoms with Crippen molar-refractivity contribution in [2.75, 3.05) is 0 Å². The summed E-state index contributed by atoms with van der Waals surface area (Å²) in [5, 5.41) is 8.57. The molecule has 0 radical (unpaired) electrons. The topological polar surface area (TPSA) is 63.3 Å². The van der Waals surface area contributed by atoms with Gasteiger partial charge in [0.1, 0.15) is 0 Å². The van der Waals surface area contributed by atoms with Crippen LogP contribution in [0.15, 0.2) is 24.3 Å². The van der Waals surface area contributed by atoms with Gasteiger partial charge < -0.3 is 10.8 Å². The Kier molecular flexibility index (Phi) is 3.65. The van der Waals surface area contributed by atoms with E-state index in [4.69, 9.17) is 10.8 Å². The summed E-state index contributed by atoms with van der Waals surface area (Å²) in [5.41, 5.74) is 7.70. The molecule has 1 aromatic carbocycles. The molecule has 0 aromatic heterocycles. The molecule has 76 valence electrons. The van der Waals surface area contributed by atoms with Gasteiger partial charge in [-0.3, -0.25) is 4.79 Å². The number of carboxylic acids is 1. The molecule has 3 nitrogen and oxygen atoms in total. The van der Waals surface area contributed by atoms with E-state index in [-0.39, 0.29) is 12.5 Å². The third kappa shape index (κ3) is 2.85. The van der Waals surface area contributed by atoms with Gasteiger partial charge in [0.25, 0.3) is 0 Å². The average Bonchev–Trinajstić information content (AvgIpc) is 2.17. The third-order valence-corrected chi connectivity index (χ3v) is 2.20. The van der Waals surface area contributed by atoms with Gasteiger partial charge in [0.2, 0.25) is 0 Å². The van der Waals surface area contributed by atoms with Crippen molar-refractivity contribution >= 4 is 5.97 Å².